The van der Waals surface area contributed by atoms with Gasteiger partial charge in [0.25, 0.3) is 0 Å². The molecule has 2 atom stereocenters. The fraction of sp³-hybridized carbons (Fsp3) is 0.556. The van der Waals surface area contributed by atoms with Crippen LogP contribution in [-0.2, 0) is 16.0 Å². The Morgan fingerprint density at radius 3 is 3.25 bits per heavy atom. The molecule has 2 aliphatic heterocycles. The molecule has 1 fully saturated rings. The Hall–Kier alpha value is -1.66. The van der Waals surface area contributed by atoms with Crippen molar-refractivity contribution in [1.29, 1.82) is 0 Å². The largest absolute Gasteiger partial charge is 0.373 e. The number of hydrogen-bond acceptors (Lipinski definition) is 4. The van der Waals surface area contributed by atoms with E-state index < -0.39 is 0 Å². The first-order chi connectivity index (χ1) is 11.7. The second-order valence-electron chi connectivity index (χ2n) is 6.63. The van der Waals surface area contributed by atoms with Gasteiger partial charge in [0.2, 0.25) is 5.91 Å². The van der Waals surface area contributed by atoms with Crippen molar-refractivity contribution in [3.05, 3.63) is 40.1 Å². The maximum Gasteiger partial charge on any atom is 0.225 e. The van der Waals surface area contributed by atoms with E-state index in [0.29, 0.717) is 12.5 Å². The molecule has 0 spiro atoms. The van der Waals surface area contributed by atoms with Gasteiger partial charge in [0.1, 0.15) is 5.82 Å². The number of ether oxygens (including phenoxy) is 1. The summed E-state index contributed by atoms with van der Waals surface area (Å²) in [5, 5.41) is 2.11. The third kappa shape index (κ3) is 3.00. The van der Waals surface area contributed by atoms with Gasteiger partial charge in [-0.25, -0.2) is 4.98 Å². The van der Waals surface area contributed by atoms with E-state index in [9.17, 15) is 4.79 Å². The molecular weight excluding hydrogens is 322 g/mol. The molecule has 4 heterocycles. The minimum absolute atomic E-state index is 0.0668. The predicted molar refractivity (Wildman–Crippen MR) is 93.1 cm³/mol. The lowest BCUT2D eigenvalue weighted by Gasteiger charge is -2.35. The first-order valence-electron chi connectivity index (χ1n) is 8.67. The molecule has 4 rings (SSSR count). The first-order valence-corrected chi connectivity index (χ1v) is 9.55. The Kier molecular flexibility index (Phi) is 4.41. The van der Waals surface area contributed by atoms with E-state index in [1.54, 1.807) is 11.3 Å². The third-order valence-corrected chi connectivity index (χ3v) is 6.14. The SMILES string of the molecule is Cc1nccn1[C@H]1CCCN(C(=O)C[C@H]2OCCc3sccc32)C1. The van der Waals surface area contributed by atoms with Crippen molar-refractivity contribution in [3.8, 4) is 0 Å². The lowest BCUT2D eigenvalue weighted by atomic mass is 10.0. The summed E-state index contributed by atoms with van der Waals surface area (Å²) in [6.45, 7) is 4.38. The van der Waals surface area contributed by atoms with E-state index in [2.05, 4.69) is 21.0 Å². The van der Waals surface area contributed by atoms with Crippen molar-refractivity contribution >= 4 is 17.2 Å². The number of carbonyl (C=O) groups excluding carboxylic acids is 1. The topological polar surface area (TPSA) is 47.4 Å². The molecule has 128 valence electrons. The van der Waals surface area contributed by atoms with Gasteiger partial charge in [0, 0.05) is 36.8 Å². The number of fused-ring (bicyclic) bond motifs is 1. The molecule has 5 nitrogen and oxygen atoms in total. The number of hydrogen-bond donors (Lipinski definition) is 0. The molecule has 0 aliphatic carbocycles. The van der Waals surface area contributed by atoms with Crippen LogP contribution in [0.4, 0.5) is 0 Å². The van der Waals surface area contributed by atoms with Crippen LogP contribution in [0.2, 0.25) is 0 Å². The van der Waals surface area contributed by atoms with E-state index in [4.69, 9.17) is 4.74 Å². The van der Waals surface area contributed by atoms with E-state index in [1.807, 2.05) is 24.2 Å². The summed E-state index contributed by atoms with van der Waals surface area (Å²) >= 11 is 1.78. The highest BCUT2D eigenvalue weighted by Crippen LogP contribution is 2.34. The van der Waals surface area contributed by atoms with Crippen LogP contribution in [-0.4, -0.2) is 40.1 Å². The average Bonchev–Trinajstić information content (AvgIpc) is 3.24. The molecule has 0 N–H and O–H groups in total. The van der Waals surface area contributed by atoms with E-state index >= 15 is 0 Å². The molecule has 0 aromatic carbocycles. The monoisotopic (exact) mass is 345 g/mol. The zero-order valence-electron chi connectivity index (χ0n) is 14.0. The molecule has 24 heavy (non-hydrogen) atoms. The molecule has 6 heteroatoms. The number of imidazole rings is 1. The van der Waals surface area contributed by atoms with E-state index in [0.717, 1.165) is 44.8 Å². The fourth-order valence-corrected chi connectivity index (χ4v) is 4.78. The van der Waals surface area contributed by atoms with Crippen LogP contribution in [0.3, 0.4) is 0 Å². The zero-order valence-corrected chi connectivity index (χ0v) is 14.8. The van der Waals surface area contributed by atoms with Gasteiger partial charge in [-0.05, 0) is 36.8 Å². The summed E-state index contributed by atoms with van der Waals surface area (Å²) in [7, 11) is 0. The number of aryl methyl sites for hydroxylation is 1. The molecule has 1 saturated heterocycles. The van der Waals surface area contributed by atoms with Crippen LogP contribution in [0.1, 0.15) is 47.7 Å². The second kappa shape index (κ2) is 6.69. The number of piperidine rings is 1. The summed E-state index contributed by atoms with van der Waals surface area (Å²) in [5.41, 5.74) is 1.22. The normalized spacial score (nSPS) is 24.0. The van der Waals surface area contributed by atoms with Crippen LogP contribution < -0.4 is 0 Å². The Morgan fingerprint density at radius 1 is 1.50 bits per heavy atom. The van der Waals surface area contributed by atoms with Crippen LogP contribution in [0.15, 0.2) is 23.8 Å². The lowest BCUT2D eigenvalue weighted by molar-refractivity contribution is -0.136. The van der Waals surface area contributed by atoms with Crippen molar-refractivity contribution in [1.82, 2.24) is 14.5 Å². The maximum atomic E-state index is 12.8. The van der Waals surface area contributed by atoms with Gasteiger partial charge in [-0.1, -0.05) is 0 Å². The summed E-state index contributed by atoms with van der Waals surface area (Å²) in [6.07, 6.45) is 7.38. The van der Waals surface area contributed by atoms with E-state index in [1.165, 1.54) is 10.4 Å². The number of likely N-dealkylation sites (tertiary alicyclic amines) is 1. The number of aromatic nitrogens is 2. The number of carbonyl (C=O) groups is 1. The lowest BCUT2D eigenvalue weighted by Crippen LogP contribution is -2.41. The van der Waals surface area contributed by atoms with Crippen LogP contribution >= 0.6 is 11.3 Å². The van der Waals surface area contributed by atoms with Crippen LogP contribution in [0.5, 0.6) is 0 Å². The molecule has 2 aromatic rings. The Morgan fingerprint density at radius 2 is 2.42 bits per heavy atom. The highest BCUT2D eigenvalue weighted by molar-refractivity contribution is 7.10. The fourth-order valence-electron chi connectivity index (χ4n) is 3.86. The second-order valence-corrected chi connectivity index (χ2v) is 7.63. The number of thiophene rings is 1. The highest BCUT2D eigenvalue weighted by Gasteiger charge is 2.29. The third-order valence-electron chi connectivity index (χ3n) is 5.14. The quantitative estimate of drug-likeness (QED) is 0.859. The van der Waals surface area contributed by atoms with Gasteiger partial charge in [-0.3, -0.25) is 4.79 Å². The Bertz CT molecular complexity index is 723. The average molecular weight is 345 g/mol. The molecular formula is C18H23N3O2S. The van der Waals surface area contributed by atoms with E-state index in [-0.39, 0.29) is 12.0 Å². The van der Waals surface area contributed by atoms with Crippen molar-refractivity contribution in [2.24, 2.45) is 0 Å². The molecule has 0 saturated carbocycles. The maximum absolute atomic E-state index is 12.8. The van der Waals surface area contributed by atoms with Gasteiger partial charge >= 0.3 is 0 Å². The van der Waals surface area contributed by atoms with Gasteiger partial charge in [0.15, 0.2) is 0 Å². The zero-order chi connectivity index (χ0) is 16.5. The Labute approximate surface area is 146 Å². The molecule has 2 aliphatic rings. The molecule has 1 amide bonds. The van der Waals surface area contributed by atoms with Crippen molar-refractivity contribution < 1.29 is 9.53 Å². The molecule has 0 radical (unpaired) electrons. The van der Waals surface area contributed by atoms with Gasteiger partial charge in [-0.15, -0.1) is 11.3 Å². The van der Waals surface area contributed by atoms with Gasteiger partial charge in [-0.2, -0.15) is 0 Å². The standard InChI is InChI=1S/C18H23N3O2S/c1-13-19-6-8-21(13)14-3-2-7-20(12-14)18(22)11-16-15-5-10-24-17(15)4-9-23-16/h5-6,8,10,14,16H,2-4,7,9,11-12H2,1H3/t14-,16+/m0/s1. The summed E-state index contributed by atoms with van der Waals surface area (Å²) < 4.78 is 8.09. The Balaban J connectivity index is 1.43. The van der Waals surface area contributed by atoms with Gasteiger partial charge < -0.3 is 14.2 Å². The predicted octanol–water partition coefficient (Wildman–Crippen LogP) is 3.12. The molecule has 0 bridgehead atoms. The smallest absolute Gasteiger partial charge is 0.225 e. The summed E-state index contributed by atoms with van der Waals surface area (Å²) in [5.74, 6) is 1.23. The molecule has 0 unspecified atom stereocenters. The van der Waals surface area contributed by atoms with Crippen molar-refractivity contribution in [2.75, 3.05) is 19.7 Å². The van der Waals surface area contributed by atoms with Crippen molar-refractivity contribution in [3.63, 3.8) is 0 Å². The van der Waals surface area contributed by atoms with Crippen molar-refractivity contribution in [2.45, 2.75) is 44.8 Å². The molecule has 2 aromatic heterocycles. The van der Waals surface area contributed by atoms with Crippen LogP contribution in [0.25, 0.3) is 0 Å². The highest BCUT2D eigenvalue weighted by atomic mass is 32.1. The summed E-state index contributed by atoms with van der Waals surface area (Å²) in [6, 6.07) is 2.46. The minimum Gasteiger partial charge on any atom is -0.373 e. The number of nitrogens with zero attached hydrogens (tertiary/aromatic N) is 3. The first kappa shape index (κ1) is 15.8. The van der Waals surface area contributed by atoms with Crippen LogP contribution in [0, 0.1) is 6.92 Å². The van der Waals surface area contributed by atoms with Gasteiger partial charge in [0.05, 0.1) is 25.2 Å². The number of amides is 1. The minimum atomic E-state index is -0.0668. The number of rotatable bonds is 3. The summed E-state index contributed by atoms with van der Waals surface area (Å²) in [4.78, 5) is 20.5.